The smallest absolute Gasteiger partial charge is 0.308 e. The molecule has 16 heteroatoms. The highest BCUT2D eigenvalue weighted by molar-refractivity contribution is 7.09. The number of nitrogens with zero attached hydrogens (tertiary/aromatic N) is 5. The zero-order chi connectivity index (χ0) is 38.8. The first-order chi connectivity index (χ1) is 25.2. The predicted molar refractivity (Wildman–Crippen MR) is 197 cm³/mol. The first-order valence-electron chi connectivity index (χ1n) is 18.3. The van der Waals surface area contributed by atoms with E-state index in [0.29, 0.717) is 24.0 Å². The van der Waals surface area contributed by atoms with E-state index >= 15 is 0 Å². The number of nitrogens with one attached hydrogen (secondary N) is 2. The third-order valence-corrected chi connectivity index (χ3v) is 11.0. The number of amides is 3. The number of likely N-dealkylation sites (N-methyl/N-ethyl adjacent to an activating group) is 2. The number of ether oxygens (including phenoxy) is 3. The van der Waals surface area contributed by atoms with E-state index in [1.54, 1.807) is 36.6 Å². The summed E-state index contributed by atoms with van der Waals surface area (Å²) in [4.78, 5) is 82.7. The minimum absolute atomic E-state index is 0.0650. The number of thiazole rings is 1. The lowest BCUT2D eigenvalue weighted by molar-refractivity contribution is -0.151. The lowest BCUT2D eigenvalue weighted by Crippen LogP contribution is -2.61. The summed E-state index contributed by atoms with van der Waals surface area (Å²) >= 11 is 1.18. The van der Waals surface area contributed by atoms with Crippen molar-refractivity contribution < 1.29 is 38.2 Å². The number of likely N-dealkylation sites (tertiary alicyclic amines) is 1. The van der Waals surface area contributed by atoms with E-state index in [1.165, 1.54) is 25.4 Å². The highest BCUT2D eigenvalue weighted by atomic mass is 32.1. The Morgan fingerprint density at radius 2 is 1.77 bits per heavy atom. The van der Waals surface area contributed by atoms with Gasteiger partial charge in [0.15, 0.2) is 6.10 Å². The SMILES string of the molecule is COC(=O)[C@@H](C)C[C@H](Cc1ncc(C)cn1)NC(=O)c1csc([C@@H](C[C@H](C(C)C)N(C)C(=O)[C@@H](NC(=O)[C@H]2CCCCN2C)C2COC2)OC(C)=O)n1. The monoisotopic (exact) mass is 757 g/mol. The molecule has 0 unspecified atom stereocenters. The normalized spacial score (nSPS) is 19.2. The summed E-state index contributed by atoms with van der Waals surface area (Å²) in [6, 6.07) is -1.98. The number of hydrogen-bond donors (Lipinski definition) is 2. The second-order valence-electron chi connectivity index (χ2n) is 14.7. The molecule has 0 radical (unpaired) electrons. The molecule has 292 valence electrons. The van der Waals surface area contributed by atoms with E-state index in [-0.39, 0.29) is 54.6 Å². The zero-order valence-electron chi connectivity index (χ0n) is 32.1. The Morgan fingerprint density at radius 1 is 1.08 bits per heavy atom. The van der Waals surface area contributed by atoms with Gasteiger partial charge < -0.3 is 29.7 Å². The number of carbonyl (C=O) groups excluding carboxylic acids is 5. The summed E-state index contributed by atoms with van der Waals surface area (Å²) < 4.78 is 16.1. The second-order valence-corrected chi connectivity index (χ2v) is 15.5. The first-order valence-corrected chi connectivity index (χ1v) is 19.2. The summed E-state index contributed by atoms with van der Waals surface area (Å²) in [6.07, 6.45) is 6.03. The van der Waals surface area contributed by atoms with Gasteiger partial charge in [-0.05, 0) is 51.3 Å². The van der Waals surface area contributed by atoms with Gasteiger partial charge in [0.1, 0.15) is 22.6 Å². The number of carbonyl (C=O) groups is 5. The van der Waals surface area contributed by atoms with Gasteiger partial charge in [0.2, 0.25) is 11.8 Å². The lowest BCUT2D eigenvalue weighted by Gasteiger charge is -2.40. The molecular formula is C37H55N7O8S. The molecule has 0 spiro atoms. The fourth-order valence-electron chi connectivity index (χ4n) is 6.82. The summed E-state index contributed by atoms with van der Waals surface area (Å²) in [5.41, 5.74) is 1.01. The fraction of sp³-hybridized carbons (Fsp3) is 0.676. The van der Waals surface area contributed by atoms with Crippen LogP contribution in [-0.4, -0.2) is 120 Å². The number of hydrogen-bond acceptors (Lipinski definition) is 13. The number of piperidine rings is 1. The van der Waals surface area contributed by atoms with Gasteiger partial charge in [-0.1, -0.05) is 27.2 Å². The van der Waals surface area contributed by atoms with Crippen molar-refractivity contribution in [1.82, 2.24) is 35.4 Å². The molecule has 2 fully saturated rings. The average molecular weight is 758 g/mol. The number of aryl methyl sites for hydroxylation is 1. The third-order valence-electron chi connectivity index (χ3n) is 10.0. The van der Waals surface area contributed by atoms with Crippen molar-refractivity contribution in [3.05, 3.63) is 39.9 Å². The van der Waals surface area contributed by atoms with Gasteiger partial charge in [0, 0.05) is 62.6 Å². The molecule has 2 aliphatic rings. The Bertz CT molecular complexity index is 1570. The van der Waals surface area contributed by atoms with Gasteiger partial charge in [-0.15, -0.1) is 11.3 Å². The molecule has 2 N–H and O–H groups in total. The highest BCUT2D eigenvalue weighted by Crippen LogP contribution is 2.31. The molecule has 2 aromatic rings. The molecule has 2 aromatic heterocycles. The predicted octanol–water partition coefficient (Wildman–Crippen LogP) is 2.87. The van der Waals surface area contributed by atoms with Crippen molar-refractivity contribution in [2.24, 2.45) is 17.8 Å². The number of esters is 2. The molecule has 0 bridgehead atoms. The van der Waals surface area contributed by atoms with Crippen LogP contribution in [-0.2, 0) is 39.8 Å². The van der Waals surface area contributed by atoms with Gasteiger partial charge in [0.05, 0.1) is 32.3 Å². The van der Waals surface area contributed by atoms with Crippen LogP contribution in [0, 0.1) is 24.7 Å². The number of aromatic nitrogens is 3. The van der Waals surface area contributed by atoms with Crippen LogP contribution in [0.4, 0.5) is 0 Å². The molecule has 0 saturated carbocycles. The first kappa shape index (κ1) is 41.7. The van der Waals surface area contributed by atoms with Gasteiger partial charge in [-0.25, -0.2) is 15.0 Å². The molecular weight excluding hydrogens is 703 g/mol. The molecule has 4 rings (SSSR count). The summed E-state index contributed by atoms with van der Waals surface area (Å²) in [6.45, 7) is 10.4. The Kier molecular flexibility index (Phi) is 15.2. The summed E-state index contributed by atoms with van der Waals surface area (Å²) in [5.74, 6) is -2.01. The largest absolute Gasteiger partial charge is 0.469 e. The molecule has 2 aliphatic heterocycles. The van der Waals surface area contributed by atoms with Crippen molar-refractivity contribution in [2.45, 2.75) is 103 Å². The number of rotatable bonds is 17. The molecule has 0 aliphatic carbocycles. The van der Waals surface area contributed by atoms with E-state index < -0.39 is 48.0 Å². The van der Waals surface area contributed by atoms with Crippen LogP contribution in [0.2, 0.25) is 0 Å². The Labute approximate surface area is 315 Å². The van der Waals surface area contributed by atoms with Crippen molar-refractivity contribution >= 4 is 41.0 Å². The van der Waals surface area contributed by atoms with Crippen LogP contribution in [0.1, 0.15) is 92.8 Å². The van der Waals surface area contributed by atoms with Crippen LogP contribution in [0.5, 0.6) is 0 Å². The summed E-state index contributed by atoms with van der Waals surface area (Å²) in [7, 11) is 4.96. The van der Waals surface area contributed by atoms with E-state index in [0.717, 1.165) is 31.4 Å². The van der Waals surface area contributed by atoms with Gasteiger partial charge >= 0.3 is 11.9 Å². The second kappa shape index (κ2) is 19.3. The van der Waals surface area contributed by atoms with Crippen LogP contribution in [0.3, 0.4) is 0 Å². The maximum Gasteiger partial charge on any atom is 0.308 e. The molecule has 3 amide bonds. The van der Waals surface area contributed by atoms with Crippen LogP contribution in [0.15, 0.2) is 17.8 Å². The topological polar surface area (TPSA) is 182 Å². The molecule has 6 atom stereocenters. The lowest BCUT2D eigenvalue weighted by atomic mass is 9.92. The standard InChI is InChI=1S/C37H55N7O8S/c1-21(2)29(44(7)36(48)32(25-18-51-19-25)42-34(47)28-11-9-10-12-43(28)6)15-30(52-24(5)45)35-41-27(20-53-35)33(46)40-26(13-23(4)37(49)50-8)14-31-38-16-22(3)17-39-31/h16-17,20-21,23,25-26,28-30,32H,9-15,18-19H2,1-8H3,(H,40,46)(H,42,47)/t23-,26+,28+,29+,30+,32-/m0/s1. The van der Waals surface area contributed by atoms with Crippen molar-refractivity contribution in [3.8, 4) is 0 Å². The Hall–Kier alpha value is -4.02. The van der Waals surface area contributed by atoms with Crippen molar-refractivity contribution in [1.29, 1.82) is 0 Å². The fourth-order valence-corrected chi connectivity index (χ4v) is 7.66. The molecule has 53 heavy (non-hydrogen) atoms. The van der Waals surface area contributed by atoms with E-state index in [2.05, 4.69) is 25.6 Å². The van der Waals surface area contributed by atoms with Gasteiger partial charge in [0.25, 0.3) is 5.91 Å². The zero-order valence-corrected chi connectivity index (χ0v) is 32.9. The average Bonchev–Trinajstić information content (AvgIpc) is 3.59. The van der Waals surface area contributed by atoms with Crippen LogP contribution < -0.4 is 10.6 Å². The molecule has 4 heterocycles. The Balaban J connectivity index is 1.50. The molecule has 15 nitrogen and oxygen atoms in total. The van der Waals surface area contributed by atoms with Crippen LogP contribution in [0.25, 0.3) is 0 Å². The summed E-state index contributed by atoms with van der Waals surface area (Å²) in [5, 5.41) is 8.02. The van der Waals surface area contributed by atoms with E-state index in [1.807, 2.05) is 32.7 Å². The molecule has 2 saturated heterocycles. The molecule has 0 aromatic carbocycles. The highest BCUT2D eigenvalue weighted by Gasteiger charge is 2.41. The minimum atomic E-state index is -0.853. The Morgan fingerprint density at radius 3 is 2.36 bits per heavy atom. The minimum Gasteiger partial charge on any atom is -0.469 e. The maximum absolute atomic E-state index is 14.2. The van der Waals surface area contributed by atoms with Crippen molar-refractivity contribution in [3.63, 3.8) is 0 Å². The third kappa shape index (κ3) is 11.5. The van der Waals surface area contributed by atoms with Gasteiger partial charge in [-0.3, -0.25) is 28.9 Å². The van der Waals surface area contributed by atoms with Gasteiger partial charge in [-0.2, -0.15) is 0 Å². The van der Waals surface area contributed by atoms with E-state index in [4.69, 9.17) is 14.2 Å². The number of methoxy groups -OCH3 is 1. The van der Waals surface area contributed by atoms with Crippen LogP contribution >= 0.6 is 11.3 Å². The quantitative estimate of drug-likeness (QED) is 0.226. The van der Waals surface area contributed by atoms with E-state index in [9.17, 15) is 24.0 Å². The maximum atomic E-state index is 14.2. The van der Waals surface area contributed by atoms with Crippen molar-refractivity contribution in [2.75, 3.05) is 41.0 Å².